The van der Waals surface area contributed by atoms with E-state index in [0.717, 1.165) is 5.69 Å². The van der Waals surface area contributed by atoms with Gasteiger partial charge < -0.3 is 5.32 Å². The van der Waals surface area contributed by atoms with Crippen molar-refractivity contribution in [3.63, 3.8) is 0 Å². The highest BCUT2D eigenvalue weighted by molar-refractivity contribution is 5.95. The number of hydrogen-bond donors (Lipinski definition) is 1. The Hall–Kier alpha value is -2.67. The molecule has 0 aliphatic carbocycles. The molecule has 1 aromatic heterocycles. The zero-order valence-electron chi connectivity index (χ0n) is 9.84. The summed E-state index contributed by atoms with van der Waals surface area (Å²) in [6, 6.07) is 12.5. The lowest BCUT2D eigenvalue weighted by molar-refractivity contribution is 0.101. The first-order valence-corrected chi connectivity index (χ1v) is 5.44. The standard InChI is InChI=1S/C14H11N3O/c1-10(18)11-4-2-6-13(8-11)17-14-12(9-15)5-3-7-16-14/h2-8H,1H3,(H,16,17). The number of rotatable bonds is 3. The molecular formula is C14H11N3O. The van der Waals surface area contributed by atoms with Gasteiger partial charge in [-0.15, -0.1) is 0 Å². The molecule has 0 aliphatic heterocycles. The second-order valence-corrected chi connectivity index (χ2v) is 3.77. The van der Waals surface area contributed by atoms with Crippen molar-refractivity contribution >= 4 is 17.3 Å². The highest BCUT2D eigenvalue weighted by atomic mass is 16.1. The van der Waals surface area contributed by atoms with Gasteiger partial charge in [-0.1, -0.05) is 12.1 Å². The number of anilines is 2. The van der Waals surface area contributed by atoms with Gasteiger partial charge in [0.1, 0.15) is 11.9 Å². The highest BCUT2D eigenvalue weighted by Crippen LogP contribution is 2.18. The number of hydrogen-bond acceptors (Lipinski definition) is 4. The molecule has 2 rings (SSSR count). The van der Waals surface area contributed by atoms with Crippen LogP contribution in [0.5, 0.6) is 0 Å². The Bertz CT molecular complexity index is 629. The monoisotopic (exact) mass is 237 g/mol. The molecule has 0 amide bonds. The van der Waals surface area contributed by atoms with Crippen molar-refractivity contribution in [1.29, 1.82) is 5.26 Å². The lowest BCUT2D eigenvalue weighted by atomic mass is 10.1. The van der Waals surface area contributed by atoms with E-state index in [0.29, 0.717) is 16.9 Å². The Morgan fingerprint density at radius 2 is 2.17 bits per heavy atom. The van der Waals surface area contributed by atoms with Crippen molar-refractivity contribution < 1.29 is 4.79 Å². The van der Waals surface area contributed by atoms with Gasteiger partial charge >= 0.3 is 0 Å². The Morgan fingerprint density at radius 1 is 1.33 bits per heavy atom. The molecule has 0 fully saturated rings. The summed E-state index contributed by atoms with van der Waals surface area (Å²) in [4.78, 5) is 15.4. The summed E-state index contributed by atoms with van der Waals surface area (Å²) >= 11 is 0. The SMILES string of the molecule is CC(=O)c1cccc(Nc2ncccc2C#N)c1. The molecule has 0 unspecified atom stereocenters. The van der Waals surface area contributed by atoms with Crippen LogP contribution in [0, 0.1) is 11.3 Å². The van der Waals surface area contributed by atoms with E-state index >= 15 is 0 Å². The highest BCUT2D eigenvalue weighted by Gasteiger charge is 2.04. The Kier molecular flexibility index (Phi) is 3.35. The maximum atomic E-state index is 11.3. The number of Topliss-reactive ketones (excluding diaryl/α,β-unsaturated/α-hetero) is 1. The van der Waals surface area contributed by atoms with E-state index in [1.54, 1.807) is 36.5 Å². The molecule has 0 aliphatic rings. The third-order valence-electron chi connectivity index (χ3n) is 2.46. The molecule has 88 valence electrons. The molecule has 4 nitrogen and oxygen atoms in total. The normalized spacial score (nSPS) is 9.56. The van der Waals surface area contributed by atoms with Crippen LogP contribution in [0.2, 0.25) is 0 Å². The quantitative estimate of drug-likeness (QED) is 0.833. The number of benzene rings is 1. The molecule has 2 aromatic rings. The number of carbonyl (C=O) groups is 1. The summed E-state index contributed by atoms with van der Waals surface area (Å²) in [6.45, 7) is 1.51. The predicted molar refractivity (Wildman–Crippen MR) is 68.7 cm³/mol. The molecule has 0 saturated heterocycles. The zero-order chi connectivity index (χ0) is 13.0. The van der Waals surface area contributed by atoms with Crippen molar-refractivity contribution in [2.75, 3.05) is 5.32 Å². The van der Waals surface area contributed by atoms with Crippen molar-refractivity contribution in [1.82, 2.24) is 4.98 Å². The molecule has 0 atom stereocenters. The van der Waals surface area contributed by atoms with E-state index < -0.39 is 0 Å². The van der Waals surface area contributed by atoms with Crippen LogP contribution in [0.4, 0.5) is 11.5 Å². The largest absolute Gasteiger partial charge is 0.339 e. The van der Waals surface area contributed by atoms with Crippen LogP contribution >= 0.6 is 0 Å². The molecule has 0 spiro atoms. The van der Waals surface area contributed by atoms with E-state index in [1.165, 1.54) is 6.92 Å². The summed E-state index contributed by atoms with van der Waals surface area (Å²) in [5, 5.41) is 12.0. The van der Waals surface area contributed by atoms with Gasteiger partial charge in [0.2, 0.25) is 0 Å². The minimum Gasteiger partial charge on any atom is -0.339 e. The minimum atomic E-state index is 0.000164. The summed E-state index contributed by atoms with van der Waals surface area (Å²) in [5.41, 5.74) is 1.82. The smallest absolute Gasteiger partial charge is 0.159 e. The molecule has 0 saturated carbocycles. The van der Waals surface area contributed by atoms with E-state index in [2.05, 4.69) is 16.4 Å². The second kappa shape index (κ2) is 5.11. The fourth-order valence-electron chi connectivity index (χ4n) is 1.55. The molecular weight excluding hydrogens is 226 g/mol. The van der Waals surface area contributed by atoms with Gasteiger partial charge in [-0.3, -0.25) is 4.79 Å². The van der Waals surface area contributed by atoms with Crippen LogP contribution in [0.15, 0.2) is 42.6 Å². The number of carbonyl (C=O) groups excluding carboxylic acids is 1. The molecule has 0 bridgehead atoms. The molecule has 4 heteroatoms. The van der Waals surface area contributed by atoms with Crippen molar-refractivity contribution in [2.24, 2.45) is 0 Å². The van der Waals surface area contributed by atoms with Crippen LogP contribution in [-0.2, 0) is 0 Å². The van der Waals surface area contributed by atoms with E-state index in [4.69, 9.17) is 5.26 Å². The number of nitrogens with zero attached hydrogens (tertiary/aromatic N) is 2. The fourth-order valence-corrected chi connectivity index (χ4v) is 1.55. The first-order chi connectivity index (χ1) is 8.70. The molecule has 1 heterocycles. The summed E-state index contributed by atoms with van der Waals surface area (Å²) < 4.78 is 0. The average Bonchev–Trinajstić information content (AvgIpc) is 2.39. The summed E-state index contributed by atoms with van der Waals surface area (Å²) in [6.07, 6.45) is 1.61. The number of ketones is 1. The van der Waals surface area contributed by atoms with Gasteiger partial charge in [0.05, 0.1) is 5.56 Å². The maximum absolute atomic E-state index is 11.3. The maximum Gasteiger partial charge on any atom is 0.159 e. The van der Waals surface area contributed by atoms with Gasteiger partial charge in [0.25, 0.3) is 0 Å². The van der Waals surface area contributed by atoms with Crippen LogP contribution in [0.1, 0.15) is 22.8 Å². The number of nitrogens with one attached hydrogen (secondary N) is 1. The molecule has 1 N–H and O–H groups in total. The minimum absolute atomic E-state index is 0.000164. The third-order valence-corrected chi connectivity index (χ3v) is 2.46. The average molecular weight is 237 g/mol. The van der Waals surface area contributed by atoms with Gasteiger partial charge in [-0.2, -0.15) is 5.26 Å². The number of nitriles is 1. The predicted octanol–water partition coefficient (Wildman–Crippen LogP) is 2.90. The second-order valence-electron chi connectivity index (χ2n) is 3.77. The Labute approximate surface area is 105 Å². The lowest BCUT2D eigenvalue weighted by Crippen LogP contribution is -1.98. The van der Waals surface area contributed by atoms with E-state index in [9.17, 15) is 4.79 Å². The van der Waals surface area contributed by atoms with Crippen molar-refractivity contribution in [3.05, 3.63) is 53.7 Å². The van der Waals surface area contributed by atoms with Crippen molar-refractivity contribution in [3.8, 4) is 6.07 Å². The van der Waals surface area contributed by atoms with Gasteiger partial charge in [0, 0.05) is 17.4 Å². The van der Waals surface area contributed by atoms with Gasteiger partial charge in [0.15, 0.2) is 5.78 Å². The van der Waals surface area contributed by atoms with Gasteiger partial charge in [-0.25, -0.2) is 4.98 Å². The summed E-state index contributed by atoms with van der Waals surface area (Å²) in [5.74, 6) is 0.487. The van der Waals surface area contributed by atoms with Crippen molar-refractivity contribution in [2.45, 2.75) is 6.92 Å². The van der Waals surface area contributed by atoms with Crippen LogP contribution in [-0.4, -0.2) is 10.8 Å². The topological polar surface area (TPSA) is 65.8 Å². The number of aromatic nitrogens is 1. The van der Waals surface area contributed by atoms with Crippen LogP contribution in [0.3, 0.4) is 0 Å². The zero-order valence-corrected chi connectivity index (χ0v) is 9.84. The van der Waals surface area contributed by atoms with Gasteiger partial charge in [-0.05, 0) is 31.2 Å². The first kappa shape index (κ1) is 11.8. The van der Waals surface area contributed by atoms with Crippen LogP contribution < -0.4 is 5.32 Å². The Balaban J connectivity index is 2.32. The third kappa shape index (κ3) is 2.53. The lowest BCUT2D eigenvalue weighted by Gasteiger charge is -2.07. The molecule has 18 heavy (non-hydrogen) atoms. The fraction of sp³-hybridized carbons (Fsp3) is 0.0714. The molecule has 0 radical (unpaired) electrons. The Morgan fingerprint density at radius 3 is 2.89 bits per heavy atom. The van der Waals surface area contributed by atoms with E-state index in [1.807, 2.05) is 6.07 Å². The van der Waals surface area contributed by atoms with Crippen LogP contribution in [0.25, 0.3) is 0 Å². The summed E-state index contributed by atoms with van der Waals surface area (Å²) in [7, 11) is 0. The first-order valence-electron chi connectivity index (χ1n) is 5.44. The number of pyridine rings is 1. The van der Waals surface area contributed by atoms with E-state index in [-0.39, 0.29) is 5.78 Å². The molecule has 1 aromatic carbocycles.